The zero-order valence-corrected chi connectivity index (χ0v) is 14.1. The van der Waals surface area contributed by atoms with Gasteiger partial charge in [0.2, 0.25) is 0 Å². The Bertz CT molecular complexity index is 959. The van der Waals surface area contributed by atoms with Crippen LogP contribution in [0.2, 0.25) is 0 Å². The van der Waals surface area contributed by atoms with Gasteiger partial charge in [-0.15, -0.1) is 0 Å². The molecular formula is C21H20N4. The number of fused-ring (bicyclic) bond motifs is 1. The predicted molar refractivity (Wildman–Crippen MR) is 101 cm³/mol. The summed E-state index contributed by atoms with van der Waals surface area (Å²) in [6, 6.07) is 23.0. The summed E-state index contributed by atoms with van der Waals surface area (Å²) in [5.41, 5.74) is 4.41. The van der Waals surface area contributed by atoms with Gasteiger partial charge in [-0.1, -0.05) is 36.4 Å². The number of nitrogens with one attached hydrogen (secondary N) is 1. The summed E-state index contributed by atoms with van der Waals surface area (Å²) in [5, 5.41) is 8.97. The molecule has 0 aliphatic heterocycles. The van der Waals surface area contributed by atoms with Gasteiger partial charge in [0, 0.05) is 30.4 Å². The fourth-order valence-corrected chi connectivity index (χ4v) is 2.89. The molecule has 2 heterocycles. The average molecular weight is 328 g/mol. The Hall–Kier alpha value is -2.98. The number of aromatic nitrogens is 3. The first kappa shape index (κ1) is 15.5. The highest BCUT2D eigenvalue weighted by atomic mass is 15.3. The summed E-state index contributed by atoms with van der Waals surface area (Å²) in [6.45, 7) is 2.95. The second-order valence-electron chi connectivity index (χ2n) is 6.15. The zero-order chi connectivity index (χ0) is 17.1. The van der Waals surface area contributed by atoms with Crippen molar-refractivity contribution in [1.29, 1.82) is 0 Å². The van der Waals surface area contributed by atoms with Crippen molar-refractivity contribution in [2.75, 3.05) is 0 Å². The minimum Gasteiger partial charge on any atom is -0.305 e. The van der Waals surface area contributed by atoms with Gasteiger partial charge in [0.1, 0.15) is 0 Å². The van der Waals surface area contributed by atoms with Crippen LogP contribution in [0.1, 0.15) is 24.2 Å². The molecule has 1 N–H and O–H groups in total. The van der Waals surface area contributed by atoms with Gasteiger partial charge in [-0.25, -0.2) is 4.68 Å². The van der Waals surface area contributed by atoms with Crippen molar-refractivity contribution in [3.8, 4) is 5.69 Å². The van der Waals surface area contributed by atoms with Crippen LogP contribution in [0.5, 0.6) is 0 Å². The summed E-state index contributed by atoms with van der Waals surface area (Å²) < 4.78 is 1.86. The van der Waals surface area contributed by atoms with E-state index in [4.69, 9.17) is 4.98 Å². The molecule has 0 saturated carbocycles. The third-order valence-corrected chi connectivity index (χ3v) is 4.38. The van der Waals surface area contributed by atoms with E-state index < -0.39 is 0 Å². The number of rotatable bonds is 5. The highest BCUT2D eigenvalue weighted by Gasteiger charge is 2.07. The van der Waals surface area contributed by atoms with E-state index in [1.807, 2.05) is 29.1 Å². The van der Waals surface area contributed by atoms with Gasteiger partial charge in [-0.3, -0.25) is 4.98 Å². The second-order valence-corrected chi connectivity index (χ2v) is 6.15. The first-order valence-corrected chi connectivity index (χ1v) is 8.48. The highest BCUT2D eigenvalue weighted by Crippen LogP contribution is 2.17. The van der Waals surface area contributed by atoms with Crippen LogP contribution >= 0.6 is 0 Å². The highest BCUT2D eigenvalue weighted by molar-refractivity contribution is 5.78. The Labute approximate surface area is 147 Å². The largest absolute Gasteiger partial charge is 0.305 e. The number of hydrogen-bond donors (Lipinski definition) is 1. The van der Waals surface area contributed by atoms with Gasteiger partial charge in [0.05, 0.1) is 16.9 Å². The van der Waals surface area contributed by atoms with Gasteiger partial charge < -0.3 is 5.32 Å². The predicted octanol–water partition coefficient (Wildman–Crippen LogP) is 4.27. The van der Waals surface area contributed by atoms with Crippen LogP contribution in [0, 0.1) is 0 Å². The molecule has 0 aliphatic carbocycles. The van der Waals surface area contributed by atoms with Crippen molar-refractivity contribution in [2.24, 2.45) is 0 Å². The van der Waals surface area contributed by atoms with Gasteiger partial charge >= 0.3 is 0 Å². The Morgan fingerprint density at radius 2 is 1.80 bits per heavy atom. The molecule has 4 heteroatoms. The van der Waals surface area contributed by atoms with Crippen LogP contribution in [0.25, 0.3) is 16.6 Å². The number of nitrogens with zero attached hydrogens (tertiary/aromatic N) is 3. The zero-order valence-electron chi connectivity index (χ0n) is 14.1. The van der Waals surface area contributed by atoms with Gasteiger partial charge in [-0.05, 0) is 42.8 Å². The molecule has 0 bridgehead atoms. The lowest BCUT2D eigenvalue weighted by molar-refractivity contribution is 0.563. The lowest BCUT2D eigenvalue weighted by Crippen LogP contribution is -2.19. The third-order valence-electron chi connectivity index (χ3n) is 4.38. The van der Waals surface area contributed by atoms with Crippen molar-refractivity contribution in [3.63, 3.8) is 0 Å². The first-order valence-electron chi connectivity index (χ1n) is 8.48. The van der Waals surface area contributed by atoms with Gasteiger partial charge in [0.15, 0.2) is 0 Å². The van der Waals surface area contributed by atoms with E-state index in [-0.39, 0.29) is 6.04 Å². The number of hydrogen-bond acceptors (Lipinski definition) is 3. The molecule has 0 fully saturated rings. The Morgan fingerprint density at radius 3 is 2.60 bits per heavy atom. The molecule has 4 aromatic rings. The van der Waals surface area contributed by atoms with E-state index in [0.717, 1.165) is 23.4 Å². The first-order chi connectivity index (χ1) is 12.3. The average Bonchev–Trinajstić information content (AvgIpc) is 3.21. The summed E-state index contributed by atoms with van der Waals surface area (Å²) in [5.74, 6) is 0. The lowest BCUT2D eigenvalue weighted by atomic mass is 10.1. The second kappa shape index (κ2) is 6.87. The van der Waals surface area contributed by atoms with Gasteiger partial charge in [0.25, 0.3) is 0 Å². The van der Waals surface area contributed by atoms with Crippen molar-refractivity contribution < 1.29 is 0 Å². The van der Waals surface area contributed by atoms with Crippen molar-refractivity contribution in [1.82, 2.24) is 20.1 Å². The Morgan fingerprint density at radius 1 is 0.960 bits per heavy atom. The maximum atomic E-state index is 4.76. The Balaban J connectivity index is 1.43. The normalized spacial score (nSPS) is 12.4. The van der Waals surface area contributed by atoms with Crippen LogP contribution in [0.15, 0.2) is 79.1 Å². The standard InChI is InChI=1S/C21H20N4/c1-16(20-12-9-18-5-2-3-6-21(18)24-20)22-15-17-7-10-19(11-8-17)25-14-4-13-23-25/h2-14,16,22H,15H2,1H3/t16-/m1/s1. The van der Waals surface area contributed by atoms with E-state index in [2.05, 4.69) is 65.9 Å². The van der Waals surface area contributed by atoms with E-state index in [0.29, 0.717) is 0 Å². The maximum Gasteiger partial charge on any atom is 0.0706 e. The number of pyridine rings is 1. The fraction of sp³-hybridized carbons (Fsp3) is 0.143. The smallest absolute Gasteiger partial charge is 0.0706 e. The van der Waals surface area contributed by atoms with E-state index in [1.54, 1.807) is 6.20 Å². The molecule has 4 rings (SSSR count). The minimum atomic E-state index is 0.190. The molecule has 2 aromatic heterocycles. The summed E-state index contributed by atoms with van der Waals surface area (Å²) in [6.07, 6.45) is 3.73. The van der Waals surface area contributed by atoms with Crippen molar-refractivity contribution in [2.45, 2.75) is 19.5 Å². The van der Waals surface area contributed by atoms with Crippen LogP contribution < -0.4 is 5.32 Å². The lowest BCUT2D eigenvalue weighted by Gasteiger charge is -2.14. The van der Waals surface area contributed by atoms with Crippen LogP contribution in [-0.2, 0) is 6.54 Å². The summed E-state index contributed by atoms with van der Waals surface area (Å²) in [7, 11) is 0. The molecule has 1 atom stereocenters. The molecule has 124 valence electrons. The van der Waals surface area contributed by atoms with Crippen LogP contribution in [-0.4, -0.2) is 14.8 Å². The SMILES string of the molecule is C[C@@H](NCc1ccc(-n2cccn2)cc1)c1ccc2ccccc2n1. The Kier molecular flexibility index (Phi) is 4.27. The molecule has 0 aliphatic rings. The molecule has 2 aromatic carbocycles. The molecule has 0 spiro atoms. The molecular weight excluding hydrogens is 308 g/mol. The van der Waals surface area contributed by atoms with E-state index in [9.17, 15) is 0 Å². The molecule has 0 saturated heterocycles. The molecule has 0 radical (unpaired) electrons. The molecule has 25 heavy (non-hydrogen) atoms. The maximum absolute atomic E-state index is 4.76. The summed E-state index contributed by atoms with van der Waals surface area (Å²) >= 11 is 0. The monoisotopic (exact) mass is 328 g/mol. The topological polar surface area (TPSA) is 42.7 Å². The molecule has 0 amide bonds. The van der Waals surface area contributed by atoms with E-state index >= 15 is 0 Å². The van der Waals surface area contributed by atoms with Crippen molar-refractivity contribution in [3.05, 3.63) is 90.4 Å². The number of para-hydroxylation sites is 1. The number of benzene rings is 2. The van der Waals surface area contributed by atoms with Gasteiger partial charge in [-0.2, -0.15) is 5.10 Å². The fourth-order valence-electron chi connectivity index (χ4n) is 2.89. The van der Waals surface area contributed by atoms with E-state index in [1.165, 1.54) is 10.9 Å². The quantitative estimate of drug-likeness (QED) is 0.595. The molecule has 0 unspecified atom stereocenters. The minimum absolute atomic E-state index is 0.190. The third kappa shape index (κ3) is 3.44. The van der Waals surface area contributed by atoms with Crippen LogP contribution in [0.3, 0.4) is 0 Å². The van der Waals surface area contributed by atoms with Crippen molar-refractivity contribution >= 4 is 10.9 Å². The van der Waals surface area contributed by atoms with Crippen LogP contribution in [0.4, 0.5) is 0 Å². The molecule has 4 nitrogen and oxygen atoms in total. The summed E-state index contributed by atoms with van der Waals surface area (Å²) in [4.78, 5) is 4.76.